The summed E-state index contributed by atoms with van der Waals surface area (Å²) in [5.41, 5.74) is 2.19. The molecule has 0 aromatic heterocycles. The fourth-order valence-corrected chi connectivity index (χ4v) is 4.01. The molecule has 0 bridgehead atoms. The van der Waals surface area contributed by atoms with Crippen LogP contribution in [0, 0.1) is 0 Å². The van der Waals surface area contributed by atoms with Gasteiger partial charge in [0.25, 0.3) is 0 Å². The molecule has 0 aliphatic heterocycles. The summed E-state index contributed by atoms with van der Waals surface area (Å²) in [5, 5.41) is 2.93. The van der Waals surface area contributed by atoms with Crippen molar-refractivity contribution in [2.24, 2.45) is 0 Å². The number of carbonyl (C=O) groups is 1. The van der Waals surface area contributed by atoms with Crippen molar-refractivity contribution in [3.05, 3.63) is 64.7 Å². The van der Waals surface area contributed by atoms with Crippen LogP contribution in [0.15, 0.2) is 53.4 Å². The highest BCUT2D eigenvalue weighted by Gasteiger charge is 2.17. The summed E-state index contributed by atoms with van der Waals surface area (Å²) in [5.74, 6) is -0.228. The molecule has 6 nitrogen and oxygen atoms in total. The lowest BCUT2D eigenvalue weighted by Crippen LogP contribution is -2.30. The molecule has 2 rings (SSSR count). The summed E-state index contributed by atoms with van der Waals surface area (Å²) in [4.78, 5) is 14.0. The van der Waals surface area contributed by atoms with Crippen LogP contribution < -0.4 is 10.0 Å². The summed E-state index contributed by atoms with van der Waals surface area (Å²) in [6, 6.07) is 14.2. The maximum Gasteiger partial charge on any atom is 0.242 e. The molecule has 2 N–H and O–H groups in total. The number of sulfonamides is 1. The summed E-state index contributed by atoms with van der Waals surface area (Å²) in [6.07, 6.45) is 0.0440. The lowest BCUT2D eigenvalue weighted by Gasteiger charge is -2.11. The van der Waals surface area contributed by atoms with Gasteiger partial charge in [-0.25, -0.2) is 13.1 Å². The van der Waals surface area contributed by atoms with Gasteiger partial charge in [0.15, 0.2) is 0 Å². The highest BCUT2D eigenvalue weighted by atomic mass is 35.5. The van der Waals surface area contributed by atoms with Crippen molar-refractivity contribution in [3.8, 4) is 0 Å². The predicted octanol–water partition coefficient (Wildman–Crippen LogP) is 2.39. The fraction of sp³-hybridized carbons (Fsp3) is 0.316. The molecule has 0 unspecified atom stereocenters. The van der Waals surface area contributed by atoms with Crippen molar-refractivity contribution in [2.45, 2.75) is 24.4 Å². The van der Waals surface area contributed by atoms with E-state index in [1.165, 1.54) is 17.7 Å². The molecule has 0 saturated carbocycles. The Morgan fingerprint density at radius 1 is 1.04 bits per heavy atom. The summed E-state index contributed by atoms with van der Waals surface area (Å²) >= 11 is 5.91. The number of hydrogen-bond acceptors (Lipinski definition) is 4. The first-order valence-electron chi connectivity index (χ1n) is 8.51. The smallest absolute Gasteiger partial charge is 0.242 e. The molecule has 8 heteroatoms. The second-order valence-corrected chi connectivity index (χ2v) is 8.55. The number of hydrogen-bond donors (Lipinski definition) is 2. The third-order valence-electron chi connectivity index (χ3n) is 3.78. The molecule has 146 valence electrons. The van der Waals surface area contributed by atoms with Crippen molar-refractivity contribution in [1.29, 1.82) is 0 Å². The molecule has 0 heterocycles. The van der Waals surface area contributed by atoms with Gasteiger partial charge in [0, 0.05) is 26.1 Å². The highest BCUT2D eigenvalue weighted by molar-refractivity contribution is 7.89. The number of benzene rings is 2. The highest BCUT2D eigenvalue weighted by Crippen LogP contribution is 2.19. The molecule has 0 aliphatic rings. The summed E-state index contributed by atoms with van der Waals surface area (Å²) in [6.45, 7) is 1.26. The van der Waals surface area contributed by atoms with E-state index in [0.29, 0.717) is 6.54 Å². The molecule has 2 aromatic carbocycles. The van der Waals surface area contributed by atoms with Crippen LogP contribution in [0.2, 0.25) is 5.02 Å². The Kier molecular flexibility index (Phi) is 7.79. The van der Waals surface area contributed by atoms with Crippen LogP contribution in [0.25, 0.3) is 0 Å². The number of halogens is 1. The van der Waals surface area contributed by atoms with Crippen LogP contribution in [0.1, 0.15) is 17.5 Å². The lowest BCUT2D eigenvalue weighted by molar-refractivity contribution is -0.121. The average molecular weight is 410 g/mol. The predicted molar refractivity (Wildman–Crippen MR) is 107 cm³/mol. The van der Waals surface area contributed by atoms with E-state index in [9.17, 15) is 13.2 Å². The van der Waals surface area contributed by atoms with Gasteiger partial charge in [0.2, 0.25) is 15.9 Å². The first-order chi connectivity index (χ1) is 12.8. The summed E-state index contributed by atoms with van der Waals surface area (Å²) < 4.78 is 26.8. The number of carbonyl (C=O) groups excluding carboxylic acids is 1. The van der Waals surface area contributed by atoms with Crippen molar-refractivity contribution in [2.75, 3.05) is 20.6 Å². The van der Waals surface area contributed by atoms with E-state index in [2.05, 4.69) is 14.9 Å². The molecular formula is C19H24ClN3O3S. The van der Waals surface area contributed by atoms with E-state index in [0.717, 1.165) is 12.1 Å². The SMILES string of the molecule is CN(C)Cc1ccc(CNC(=O)CCNS(=O)(=O)c2ccccc2Cl)cc1. The molecule has 0 radical (unpaired) electrons. The third kappa shape index (κ3) is 6.95. The Morgan fingerprint density at radius 3 is 2.30 bits per heavy atom. The van der Waals surface area contributed by atoms with Crippen LogP contribution >= 0.6 is 11.6 Å². The topological polar surface area (TPSA) is 78.5 Å². The van der Waals surface area contributed by atoms with Crippen LogP contribution in [-0.2, 0) is 27.9 Å². The van der Waals surface area contributed by atoms with Gasteiger partial charge in [-0.05, 0) is 37.4 Å². The molecule has 0 saturated heterocycles. The average Bonchev–Trinajstić information content (AvgIpc) is 2.61. The minimum atomic E-state index is -3.73. The van der Waals surface area contributed by atoms with Crippen molar-refractivity contribution in [1.82, 2.24) is 14.9 Å². The fourth-order valence-electron chi connectivity index (χ4n) is 2.46. The second kappa shape index (κ2) is 9.85. The first kappa shape index (κ1) is 21.4. The number of rotatable bonds is 9. The van der Waals surface area contributed by atoms with E-state index in [1.54, 1.807) is 12.1 Å². The van der Waals surface area contributed by atoms with Gasteiger partial charge in [-0.3, -0.25) is 4.79 Å². The Labute approximate surface area is 165 Å². The monoisotopic (exact) mass is 409 g/mol. The van der Waals surface area contributed by atoms with E-state index in [1.807, 2.05) is 38.4 Å². The van der Waals surface area contributed by atoms with E-state index >= 15 is 0 Å². The van der Waals surface area contributed by atoms with Crippen molar-refractivity contribution >= 4 is 27.5 Å². The molecule has 0 aliphatic carbocycles. The van der Waals surface area contributed by atoms with Crippen LogP contribution in [0.4, 0.5) is 0 Å². The Hall–Kier alpha value is -1.93. The van der Waals surface area contributed by atoms with Gasteiger partial charge in [-0.15, -0.1) is 0 Å². The minimum Gasteiger partial charge on any atom is -0.352 e. The standard InChI is InChI=1S/C19H24ClN3O3S/c1-23(2)14-16-9-7-15(8-10-16)13-21-19(24)11-12-22-27(25,26)18-6-4-3-5-17(18)20/h3-10,22H,11-14H2,1-2H3,(H,21,24). The zero-order chi connectivity index (χ0) is 19.9. The van der Waals surface area contributed by atoms with Crippen molar-refractivity contribution in [3.63, 3.8) is 0 Å². The van der Waals surface area contributed by atoms with E-state index in [-0.39, 0.29) is 28.8 Å². The normalized spacial score (nSPS) is 11.6. The maximum absolute atomic E-state index is 12.2. The van der Waals surface area contributed by atoms with Gasteiger partial charge in [0.1, 0.15) is 4.90 Å². The molecule has 0 atom stereocenters. The molecule has 27 heavy (non-hydrogen) atoms. The maximum atomic E-state index is 12.2. The quantitative estimate of drug-likeness (QED) is 0.666. The first-order valence-corrected chi connectivity index (χ1v) is 10.4. The van der Waals surface area contributed by atoms with E-state index in [4.69, 9.17) is 11.6 Å². The molecular weight excluding hydrogens is 386 g/mol. The van der Waals surface area contributed by atoms with Gasteiger partial charge in [0.05, 0.1) is 5.02 Å². The van der Waals surface area contributed by atoms with Crippen LogP contribution in [-0.4, -0.2) is 39.9 Å². The van der Waals surface area contributed by atoms with Crippen molar-refractivity contribution < 1.29 is 13.2 Å². The zero-order valence-corrected chi connectivity index (χ0v) is 17.0. The second-order valence-electron chi connectivity index (χ2n) is 6.41. The molecule has 0 spiro atoms. The van der Waals surface area contributed by atoms with Crippen LogP contribution in [0.5, 0.6) is 0 Å². The zero-order valence-electron chi connectivity index (χ0n) is 15.4. The molecule has 1 amide bonds. The summed E-state index contributed by atoms with van der Waals surface area (Å²) in [7, 11) is 0.282. The molecule has 0 fully saturated rings. The lowest BCUT2D eigenvalue weighted by atomic mass is 10.1. The van der Waals surface area contributed by atoms with Gasteiger partial charge >= 0.3 is 0 Å². The van der Waals surface area contributed by atoms with Gasteiger partial charge in [-0.1, -0.05) is 48.0 Å². The Balaban J connectivity index is 1.77. The third-order valence-corrected chi connectivity index (χ3v) is 5.74. The Morgan fingerprint density at radius 2 is 1.67 bits per heavy atom. The Bertz CT molecular complexity index is 868. The van der Waals surface area contributed by atoms with E-state index < -0.39 is 10.0 Å². The minimum absolute atomic E-state index is 0.00115. The van der Waals surface area contributed by atoms with Crippen LogP contribution in [0.3, 0.4) is 0 Å². The largest absolute Gasteiger partial charge is 0.352 e. The molecule has 2 aromatic rings. The van der Waals surface area contributed by atoms with Gasteiger partial charge in [-0.2, -0.15) is 0 Å². The number of nitrogens with one attached hydrogen (secondary N) is 2. The number of nitrogens with zero attached hydrogens (tertiary/aromatic N) is 1. The number of amides is 1. The van der Waals surface area contributed by atoms with Gasteiger partial charge < -0.3 is 10.2 Å².